The fraction of sp³-hybridized carbons (Fsp3) is 1.00. The highest BCUT2D eigenvalue weighted by atomic mass is 33.7. The number of unbranched alkanes of at least 4 members (excludes halogenated alkanes) is 12. The summed E-state index contributed by atoms with van der Waals surface area (Å²) >= 11 is 0. The molecule has 0 amide bonds. The largest absolute Gasteiger partial charge is 0.328 e. The molecule has 10 heteroatoms. The van der Waals surface area contributed by atoms with E-state index in [9.17, 15) is 0 Å². The molecule has 2 atom stereocenters. The van der Waals surface area contributed by atoms with Crippen LogP contribution in [0.2, 0.25) is 0 Å². The Morgan fingerprint density at radius 1 is 0.375 bits per heavy atom. The Morgan fingerprint density at radius 3 is 0.896 bits per heavy atom. The first kappa shape index (κ1) is 49.2. The van der Waals surface area contributed by atoms with E-state index in [1.807, 2.05) is 61.2 Å². The van der Waals surface area contributed by atoms with Gasteiger partial charge in [0.2, 0.25) is 0 Å². The summed E-state index contributed by atoms with van der Waals surface area (Å²) in [6.07, 6.45) is 22.4. The van der Waals surface area contributed by atoms with Crippen molar-refractivity contribution in [3.05, 3.63) is 0 Å². The maximum Gasteiger partial charge on any atom is 0.282 e. The van der Waals surface area contributed by atoms with E-state index in [4.69, 9.17) is 28.4 Å². The average Bonchev–Trinajstić information content (AvgIpc) is 3.05. The van der Waals surface area contributed by atoms with Crippen LogP contribution in [0.4, 0.5) is 0 Å². The molecule has 0 heterocycles. The van der Waals surface area contributed by atoms with Crippen molar-refractivity contribution in [1.29, 1.82) is 0 Å². The SMILES string of the molecule is CCOC(CCCCCCCCCC(C)CSSSSCC(C)CCCCCCCCCC(OCC)(OCC)OCC)(OCC)OCC. The highest BCUT2D eigenvalue weighted by Gasteiger charge is 2.32. The highest BCUT2D eigenvalue weighted by Crippen LogP contribution is 2.44. The lowest BCUT2D eigenvalue weighted by molar-refractivity contribution is -0.380. The minimum absolute atomic E-state index is 0.610. The highest BCUT2D eigenvalue weighted by molar-refractivity contribution is 9.26. The molecule has 0 fully saturated rings. The first-order valence-corrected chi connectivity index (χ1v) is 24.9. The van der Waals surface area contributed by atoms with Crippen LogP contribution in [0.15, 0.2) is 0 Å². The van der Waals surface area contributed by atoms with Crippen molar-refractivity contribution < 1.29 is 28.4 Å². The molecule has 0 aliphatic rings. The van der Waals surface area contributed by atoms with Crippen LogP contribution in [0.5, 0.6) is 0 Å². The predicted octanol–water partition coefficient (Wildman–Crippen LogP) is 13.5. The fourth-order valence-corrected chi connectivity index (χ4v) is 12.7. The van der Waals surface area contributed by atoms with E-state index in [1.54, 1.807) is 0 Å². The standard InChI is InChI=1S/C38H78O6S4/c1-9-39-37(40-10-2,41-11-3)31-27-23-19-15-17-21-25-29-35(7)33-45-47-48-46-34-36(8)30-26-22-18-16-20-24-28-32-38(42-12-4,43-13-5)44-14-6/h35-36H,9-34H2,1-8H3. The summed E-state index contributed by atoms with van der Waals surface area (Å²) in [5, 5.41) is 0. The second kappa shape index (κ2) is 35.2. The van der Waals surface area contributed by atoms with Gasteiger partial charge in [0.05, 0.1) is 0 Å². The zero-order valence-corrected chi connectivity index (χ0v) is 35.9. The second-order valence-corrected chi connectivity index (χ2v) is 19.0. The van der Waals surface area contributed by atoms with E-state index < -0.39 is 11.9 Å². The summed E-state index contributed by atoms with van der Waals surface area (Å²) < 4.78 is 35.0. The average molecular weight is 759 g/mol. The Hall–Kier alpha value is 1.16. The molecular weight excluding hydrogens is 681 g/mol. The molecule has 0 aromatic rings. The zero-order valence-electron chi connectivity index (χ0n) is 32.6. The molecule has 0 aliphatic carbocycles. The number of ether oxygens (including phenoxy) is 6. The fourth-order valence-electron chi connectivity index (χ4n) is 5.93. The molecule has 290 valence electrons. The van der Waals surface area contributed by atoms with Gasteiger partial charge in [-0.3, -0.25) is 0 Å². The molecule has 0 N–H and O–H groups in total. The summed E-state index contributed by atoms with van der Waals surface area (Å²) in [6.45, 7) is 20.5. The van der Waals surface area contributed by atoms with E-state index in [0.29, 0.717) is 39.6 Å². The van der Waals surface area contributed by atoms with E-state index in [2.05, 4.69) is 35.4 Å². The van der Waals surface area contributed by atoms with Crippen LogP contribution in [0.3, 0.4) is 0 Å². The van der Waals surface area contributed by atoms with Crippen molar-refractivity contribution >= 4 is 41.2 Å². The van der Waals surface area contributed by atoms with Gasteiger partial charge in [-0.15, -0.1) is 0 Å². The van der Waals surface area contributed by atoms with Gasteiger partial charge in [-0.2, -0.15) is 0 Å². The van der Waals surface area contributed by atoms with E-state index in [1.165, 1.54) is 101 Å². The minimum atomic E-state index is -0.837. The van der Waals surface area contributed by atoms with Crippen molar-refractivity contribution in [1.82, 2.24) is 0 Å². The Bertz CT molecular complexity index is 575. The van der Waals surface area contributed by atoms with E-state index >= 15 is 0 Å². The summed E-state index contributed by atoms with van der Waals surface area (Å²) in [7, 11) is 8.07. The smallest absolute Gasteiger partial charge is 0.282 e. The molecule has 6 nitrogen and oxygen atoms in total. The summed E-state index contributed by atoms with van der Waals surface area (Å²) in [5.41, 5.74) is 0. The molecular formula is C38H78O6S4. The van der Waals surface area contributed by atoms with Crippen LogP contribution in [0, 0.1) is 11.8 Å². The van der Waals surface area contributed by atoms with Crippen LogP contribution in [-0.4, -0.2) is 63.1 Å². The van der Waals surface area contributed by atoms with Gasteiger partial charge in [0, 0.05) is 64.0 Å². The topological polar surface area (TPSA) is 55.4 Å². The molecule has 0 aromatic carbocycles. The third kappa shape index (κ3) is 27.8. The third-order valence-corrected chi connectivity index (χ3v) is 15.3. The third-order valence-electron chi connectivity index (χ3n) is 8.37. The molecule has 0 saturated carbocycles. The molecule has 0 radical (unpaired) electrons. The van der Waals surface area contributed by atoms with Gasteiger partial charge in [-0.25, -0.2) is 0 Å². The summed E-state index contributed by atoms with van der Waals surface area (Å²) in [6, 6.07) is 0. The first-order chi connectivity index (χ1) is 23.4. The minimum Gasteiger partial charge on any atom is -0.328 e. The van der Waals surface area contributed by atoms with Crippen LogP contribution < -0.4 is 0 Å². The van der Waals surface area contributed by atoms with Crippen LogP contribution in [-0.2, 0) is 28.4 Å². The summed E-state index contributed by atoms with van der Waals surface area (Å²) in [4.78, 5) is 0. The van der Waals surface area contributed by atoms with Crippen molar-refractivity contribution in [3.8, 4) is 0 Å². The Morgan fingerprint density at radius 2 is 0.625 bits per heavy atom. The lowest BCUT2D eigenvalue weighted by atomic mass is 10.0. The van der Waals surface area contributed by atoms with Gasteiger partial charge in [-0.05, 0) is 98.7 Å². The van der Waals surface area contributed by atoms with Gasteiger partial charge in [0.15, 0.2) is 0 Å². The van der Waals surface area contributed by atoms with Crippen LogP contribution in [0.25, 0.3) is 0 Å². The van der Waals surface area contributed by atoms with Crippen molar-refractivity contribution in [2.75, 3.05) is 51.1 Å². The zero-order chi connectivity index (χ0) is 35.6. The number of hydrogen-bond donors (Lipinski definition) is 0. The Balaban J connectivity index is 3.64. The molecule has 0 bridgehead atoms. The second-order valence-electron chi connectivity index (χ2n) is 12.9. The van der Waals surface area contributed by atoms with E-state index in [-0.39, 0.29) is 0 Å². The molecule has 0 aromatic heterocycles. The van der Waals surface area contributed by atoms with Crippen molar-refractivity contribution in [2.24, 2.45) is 11.8 Å². The number of rotatable bonds is 39. The number of hydrogen-bond acceptors (Lipinski definition) is 10. The quantitative estimate of drug-likeness (QED) is 0.0344. The van der Waals surface area contributed by atoms with E-state index in [0.717, 1.165) is 37.5 Å². The Labute approximate surface area is 314 Å². The molecule has 2 unspecified atom stereocenters. The molecule has 0 aliphatic heterocycles. The lowest BCUT2D eigenvalue weighted by Gasteiger charge is -2.32. The van der Waals surface area contributed by atoms with Gasteiger partial charge in [-0.1, -0.05) is 112 Å². The molecule has 0 rings (SSSR count). The molecule has 0 spiro atoms. The van der Waals surface area contributed by atoms with Crippen LogP contribution >= 0.6 is 41.2 Å². The summed E-state index contributed by atoms with van der Waals surface area (Å²) in [5.74, 6) is 2.48. The van der Waals surface area contributed by atoms with Gasteiger partial charge >= 0.3 is 0 Å². The Kier molecular flexibility index (Phi) is 36.1. The maximum atomic E-state index is 5.84. The predicted molar refractivity (Wildman–Crippen MR) is 217 cm³/mol. The van der Waals surface area contributed by atoms with Crippen molar-refractivity contribution in [2.45, 2.75) is 183 Å². The molecule has 0 saturated heterocycles. The normalized spacial score (nSPS) is 13.8. The lowest BCUT2D eigenvalue weighted by Crippen LogP contribution is -2.39. The van der Waals surface area contributed by atoms with Gasteiger partial charge in [0.25, 0.3) is 11.9 Å². The van der Waals surface area contributed by atoms with Crippen molar-refractivity contribution in [3.63, 3.8) is 0 Å². The van der Waals surface area contributed by atoms with Crippen LogP contribution in [0.1, 0.15) is 171 Å². The first-order valence-electron chi connectivity index (χ1n) is 19.8. The monoisotopic (exact) mass is 758 g/mol. The maximum absolute atomic E-state index is 5.84. The molecule has 48 heavy (non-hydrogen) atoms. The van der Waals surface area contributed by atoms with Gasteiger partial charge in [0.1, 0.15) is 0 Å². The van der Waals surface area contributed by atoms with Gasteiger partial charge < -0.3 is 28.4 Å².